The average molecular weight is 154 g/mol. The van der Waals surface area contributed by atoms with Crippen LogP contribution in [0.25, 0.3) is 0 Å². The fourth-order valence-corrected chi connectivity index (χ4v) is 0.477. The van der Waals surface area contributed by atoms with Crippen molar-refractivity contribution in [3.8, 4) is 0 Å². The first-order chi connectivity index (χ1) is 4.46. The van der Waals surface area contributed by atoms with Crippen LogP contribution in [-0.2, 0) is 9.47 Å². The van der Waals surface area contributed by atoms with Crippen molar-refractivity contribution in [3.63, 3.8) is 0 Å². The Hall–Kier alpha value is -0.870. The SMILES string of the molecule is CC1(C(F)(F)F)OC=CO1. The second-order valence-corrected chi connectivity index (χ2v) is 1.95. The molecule has 0 spiro atoms. The van der Waals surface area contributed by atoms with Crippen LogP contribution in [0.2, 0.25) is 0 Å². The van der Waals surface area contributed by atoms with Crippen molar-refractivity contribution in [2.45, 2.75) is 18.9 Å². The Kier molecular flexibility index (Phi) is 1.31. The molecule has 0 aliphatic carbocycles. The third-order valence-electron chi connectivity index (χ3n) is 1.16. The molecule has 0 unspecified atom stereocenters. The zero-order valence-electron chi connectivity index (χ0n) is 5.11. The van der Waals surface area contributed by atoms with Crippen LogP contribution in [0.15, 0.2) is 12.5 Å². The third kappa shape index (κ3) is 0.913. The summed E-state index contributed by atoms with van der Waals surface area (Å²) in [5.41, 5.74) is 0. The summed E-state index contributed by atoms with van der Waals surface area (Å²) in [6, 6.07) is 0. The van der Waals surface area contributed by atoms with E-state index in [2.05, 4.69) is 9.47 Å². The molecule has 5 heteroatoms. The highest BCUT2D eigenvalue weighted by molar-refractivity contribution is 4.85. The van der Waals surface area contributed by atoms with Crippen LogP contribution in [-0.4, -0.2) is 12.0 Å². The smallest absolute Gasteiger partial charge is 0.450 e. The molecule has 0 radical (unpaired) electrons. The minimum absolute atomic E-state index is 0.812. The quantitative estimate of drug-likeness (QED) is 0.529. The van der Waals surface area contributed by atoms with E-state index >= 15 is 0 Å². The van der Waals surface area contributed by atoms with Gasteiger partial charge in [-0.05, 0) is 0 Å². The van der Waals surface area contributed by atoms with Crippen molar-refractivity contribution in [1.82, 2.24) is 0 Å². The van der Waals surface area contributed by atoms with E-state index in [-0.39, 0.29) is 0 Å². The minimum Gasteiger partial charge on any atom is -0.450 e. The lowest BCUT2D eigenvalue weighted by Crippen LogP contribution is -2.42. The molecule has 0 aromatic heterocycles. The molecule has 10 heavy (non-hydrogen) atoms. The predicted molar refractivity (Wildman–Crippen MR) is 25.8 cm³/mol. The summed E-state index contributed by atoms with van der Waals surface area (Å²) in [7, 11) is 0. The van der Waals surface area contributed by atoms with Crippen molar-refractivity contribution >= 4 is 0 Å². The Morgan fingerprint density at radius 2 is 1.60 bits per heavy atom. The molecule has 1 rings (SSSR count). The maximum Gasteiger partial charge on any atom is 0.467 e. The minimum atomic E-state index is -4.49. The van der Waals surface area contributed by atoms with Gasteiger partial charge in [-0.2, -0.15) is 13.2 Å². The van der Waals surface area contributed by atoms with Crippen molar-refractivity contribution < 1.29 is 22.6 Å². The summed E-state index contributed by atoms with van der Waals surface area (Å²) in [4.78, 5) is 0. The second kappa shape index (κ2) is 1.81. The van der Waals surface area contributed by atoms with Crippen molar-refractivity contribution in [1.29, 1.82) is 0 Å². The molecular weight excluding hydrogens is 149 g/mol. The van der Waals surface area contributed by atoms with Crippen LogP contribution in [0.1, 0.15) is 6.92 Å². The number of rotatable bonds is 0. The summed E-state index contributed by atoms with van der Waals surface area (Å²) < 4.78 is 43.9. The molecule has 0 fully saturated rings. The van der Waals surface area contributed by atoms with E-state index in [0.29, 0.717) is 0 Å². The fourth-order valence-electron chi connectivity index (χ4n) is 0.477. The molecule has 0 atom stereocenters. The Morgan fingerprint density at radius 1 is 1.20 bits per heavy atom. The van der Waals surface area contributed by atoms with E-state index in [1.54, 1.807) is 0 Å². The maximum absolute atomic E-state index is 11.9. The lowest BCUT2D eigenvalue weighted by atomic mass is 10.3. The van der Waals surface area contributed by atoms with Crippen LogP contribution in [0, 0.1) is 0 Å². The predicted octanol–water partition coefficient (Wildman–Crippen LogP) is 1.78. The largest absolute Gasteiger partial charge is 0.467 e. The standard InChI is InChI=1S/C5H5F3O2/c1-4(5(6,7)8)9-2-3-10-4/h2-3H,1H3. The highest BCUT2D eigenvalue weighted by Gasteiger charge is 2.57. The molecule has 1 aliphatic rings. The van der Waals surface area contributed by atoms with Gasteiger partial charge in [-0.25, -0.2) is 0 Å². The van der Waals surface area contributed by atoms with E-state index in [1.807, 2.05) is 0 Å². The van der Waals surface area contributed by atoms with Gasteiger partial charge in [-0.1, -0.05) is 0 Å². The Morgan fingerprint density at radius 3 is 1.80 bits per heavy atom. The molecule has 0 aromatic rings. The first-order valence-electron chi connectivity index (χ1n) is 2.53. The molecule has 1 heterocycles. The van der Waals surface area contributed by atoms with Gasteiger partial charge in [0.05, 0.1) is 0 Å². The molecular formula is C5H5F3O2. The summed E-state index contributed by atoms with van der Waals surface area (Å²) in [6.07, 6.45) is -2.75. The van der Waals surface area contributed by atoms with Gasteiger partial charge < -0.3 is 9.47 Å². The monoisotopic (exact) mass is 154 g/mol. The van der Waals surface area contributed by atoms with E-state index in [4.69, 9.17) is 0 Å². The first-order valence-corrected chi connectivity index (χ1v) is 2.53. The van der Waals surface area contributed by atoms with Crippen LogP contribution in [0.3, 0.4) is 0 Å². The Balaban J connectivity index is 2.71. The molecule has 0 aromatic carbocycles. The highest BCUT2D eigenvalue weighted by Crippen LogP contribution is 2.37. The number of hydrogen-bond donors (Lipinski definition) is 0. The van der Waals surface area contributed by atoms with E-state index in [1.165, 1.54) is 0 Å². The van der Waals surface area contributed by atoms with E-state index in [0.717, 1.165) is 19.4 Å². The highest BCUT2D eigenvalue weighted by atomic mass is 19.4. The molecule has 0 bridgehead atoms. The first kappa shape index (κ1) is 7.24. The zero-order chi connectivity index (χ0) is 7.83. The average Bonchev–Trinajstić information content (AvgIpc) is 2.13. The van der Waals surface area contributed by atoms with Gasteiger partial charge in [0, 0.05) is 6.92 Å². The van der Waals surface area contributed by atoms with E-state index in [9.17, 15) is 13.2 Å². The summed E-state index contributed by atoms with van der Waals surface area (Å²) in [5, 5.41) is 0. The van der Waals surface area contributed by atoms with Gasteiger partial charge in [-0.3, -0.25) is 0 Å². The van der Waals surface area contributed by atoms with Crippen LogP contribution in [0.4, 0.5) is 13.2 Å². The number of ether oxygens (including phenoxy) is 2. The zero-order valence-corrected chi connectivity index (χ0v) is 5.11. The van der Waals surface area contributed by atoms with Crippen LogP contribution in [0.5, 0.6) is 0 Å². The molecule has 0 saturated carbocycles. The summed E-state index contributed by atoms with van der Waals surface area (Å²) in [5.74, 6) is -2.48. The number of hydrogen-bond acceptors (Lipinski definition) is 2. The van der Waals surface area contributed by atoms with Crippen molar-refractivity contribution in [2.24, 2.45) is 0 Å². The lowest BCUT2D eigenvalue weighted by Gasteiger charge is -2.24. The molecule has 0 saturated heterocycles. The Labute approximate surface area is 55.2 Å². The molecule has 2 nitrogen and oxygen atoms in total. The summed E-state index contributed by atoms with van der Waals surface area (Å²) >= 11 is 0. The van der Waals surface area contributed by atoms with Crippen molar-refractivity contribution in [2.75, 3.05) is 0 Å². The normalized spacial score (nSPS) is 22.0. The Bertz CT molecular complexity index is 153. The van der Waals surface area contributed by atoms with Gasteiger partial charge in [0.15, 0.2) is 0 Å². The maximum atomic E-state index is 11.9. The van der Waals surface area contributed by atoms with E-state index < -0.39 is 12.0 Å². The van der Waals surface area contributed by atoms with Gasteiger partial charge in [0.2, 0.25) is 0 Å². The topological polar surface area (TPSA) is 18.5 Å². The summed E-state index contributed by atoms with van der Waals surface area (Å²) in [6.45, 7) is 0.812. The third-order valence-corrected chi connectivity index (χ3v) is 1.16. The van der Waals surface area contributed by atoms with Crippen LogP contribution >= 0.6 is 0 Å². The van der Waals surface area contributed by atoms with Crippen LogP contribution < -0.4 is 0 Å². The molecule has 58 valence electrons. The molecule has 1 aliphatic heterocycles. The molecule has 0 N–H and O–H groups in total. The van der Waals surface area contributed by atoms with Gasteiger partial charge in [-0.15, -0.1) is 0 Å². The lowest BCUT2D eigenvalue weighted by molar-refractivity contribution is -0.327. The van der Waals surface area contributed by atoms with Gasteiger partial charge in [0.1, 0.15) is 12.5 Å². The van der Waals surface area contributed by atoms with Gasteiger partial charge in [0.25, 0.3) is 0 Å². The fraction of sp³-hybridized carbons (Fsp3) is 0.600. The van der Waals surface area contributed by atoms with Crippen molar-refractivity contribution in [3.05, 3.63) is 12.5 Å². The van der Waals surface area contributed by atoms with Gasteiger partial charge >= 0.3 is 12.0 Å². The number of halogens is 3. The molecule has 0 amide bonds. The number of alkyl halides is 3. The second-order valence-electron chi connectivity index (χ2n) is 1.95.